The highest BCUT2D eigenvalue weighted by Gasteiger charge is 2.26. The van der Waals surface area contributed by atoms with E-state index in [0.29, 0.717) is 0 Å². The average molecular weight is 389 g/mol. The number of amides is 1. The van der Waals surface area contributed by atoms with Crippen LogP contribution in [0.3, 0.4) is 0 Å². The van der Waals surface area contributed by atoms with Gasteiger partial charge in [0.25, 0.3) is 5.91 Å². The molecule has 2 aromatic carbocycles. The van der Waals surface area contributed by atoms with Gasteiger partial charge in [-0.15, -0.1) is 0 Å². The van der Waals surface area contributed by atoms with Gasteiger partial charge in [0.05, 0.1) is 19.9 Å². The fourth-order valence-electron chi connectivity index (χ4n) is 2.31. The van der Waals surface area contributed by atoms with Gasteiger partial charge in [0.2, 0.25) is 10.0 Å². The minimum atomic E-state index is -3.89. The zero-order valence-electron chi connectivity index (χ0n) is 15.8. The summed E-state index contributed by atoms with van der Waals surface area (Å²) in [6.07, 6.45) is 1.50. The summed E-state index contributed by atoms with van der Waals surface area (Å²) in [4.78, 5) is 12.1. The quantitative estimate of drug-likeness (QED) is 0.580. The van der Waals surface area contributed by atoms with E-state index in [0.717, 1.165) is 21.0 Å². The number of nitrogens with one attached hydrogen (secondary N) is 1. The van der Waals surface area contributed by atoms with Crippen LogP contribution in [0.15, 0.2) is 52.5 Å². The highest BCUT2D eigenvalue weighted by Crippen LogP contribution is 2.26. The molecule has 2 rings (SSSR count). The van der Waals surface area contributed by atoms with E-state index in [2.05, 4.69) is 10.5 Å². The van der Waals surface area contributed by atoms with E-state index in [1.807, 2.05) is 31.2 Å². The molecule has 0 heterocycles. The Bertz CT molecular complexity index is 938. The molecular formula is C19H23N3O4S. The topological polar surface area (TPSA) is 88.1 Å². The van der Waals surface area contributed by atoms with E-state index in [1.165, 1.54) is 26.4 Å². The fraction of sp³-hybridized carbons (Fsp3) is 0.263. The zero-order valence-corrected chi connectivity index (χ0v) is 16.6. The number of carbonyl (C=O) groups excluding carboxylic acids is 1. The number of methoxy groups -OCH3 is 1. The number of hydrogen-bond donors (Lipinski definition) is 1. The minimum Gasteiger partial charge on any atom is -0.495 e. The maximum Gasteiger partial charge on any atom is 0.255 e. The summed E-state index contributed by atoms with van der Waals surface area (Å²) >= 11 is 0. The third-order valence-corrected chi connectivity index (χ3v) is 5.68. The van der Waals surface area contributed by atoms with Gasteiger partial charge in [-0.25, -0.2) is 13.8 Å². The van der Waals surface area contributed by atoms with Crippen LogP contribution in [0.4, 0.5) is 0 Å². The zero-order chi connectivity index (χ0) is 20.0. The van der Waals surface area contributed by atoms with Gasteiger partial charge in [-0.3, -0.25) is 4.79 Å². The third-order valence-electron chi connectivity index (χ3n) is 3.85. The lowest BCUT2D eigenvalue weighted by atomic mass is 10.2. The van der Waals surface area contributed by atoms with Crippen molar-refractivity contribution < 1.29 is 17.9 Å². The van der Waals surface area contributed by atoms with Crippen LogP contribution in [0.1, 0.15) is 16.7 Å². The summed E-state index contributed by atoms with van der Waals surface area (Å²) < 4.78 is 31.6. The standard InChI is InChI=1S/C19H23N3O4S/c1-14-5-8-16(9-6-14)12-20-21-19(23)13-22(3)27(24,25)18-11-15(2)7-10-17(18)26-4/h5-12H,13H2,1-4H3,(H,21,23)/b20-12-. The summed E-state index contributed by atoms with van der Waals surface area (Å²) in [5.74, 6) is -0.318. The van der Waals surface area contributed by atoms with Gasteiger partial charge >= 0.3 is 0 Å². The monoisotopic (exact) mass is 389 g/mol. The molecule has 0 aliphatic carbocycles. The van der Waals surface area contributed by atoms with E-state index >= 15 is 0 Å². The van der Waals surface area contributed by atoms with Gasteiger partial charge in [0, 0.05) is 7.05 Å². The first-order valence-electron chi connectivity index (χ1n) is 8.23. The summed E-state index contributed by atoms with van der Waals surface area (Å²) in [5.41, 5.74) is 5.05. The molecule has 0 aromatic heterocycles. The highest BCUT2D eigenvalue weighted by atomic mass is 32.2. The van der Waals surface area contributed by atoms with Crippen molar-refractivity contribution in [2.75, 3.05) is 20.7 Å². The first-order chi connectivity index (χ1) is 12.7. The molecule has 1 N–H and O–H groups in total. The average Bonchev–Trinajstić information content (AvgIpc) is 2.63. The van der Waals surface area contributed by atoms with Crippen molar-refractivity contribution in [3.05, 3.63) is 59.2 Å². The van der Waals surface area contributed by atoms with Crippen LogP contribution < -0.4 is 10.2 Å². The number of sulfonamides is 1. The Hall–Kier alpha value is -2.71. The Balaban J connectivity index is 2.04. The Morgan fingerprint density at radius 3 is 2.41 bits per heavy atom. The molecule has 1 amide bonds. The number of likely N-dealkylation sites (N-methyl/N-ethyl adjacent to an activating group) is 1. The predicted molar refractivity (Wildman–Crippen MR) is 104 cm³/mol. The van der Waals surface area contributed by atoms with E-state index < -0.39 is 15.9 Å². The molecule has 27 heavy (non-hydrogen) atoms. The summed E-state index contributed by atoms with van der Waals surface area (Å²) in [5, 5.41) is 3.86. The van der Waals surface area contributed by atoms with E-state index in [-0.39, 0.29) is 17.2 Å². The van der Waals surface area contributed by atoms with Crippen LogP contribution in [0.5, 0.6) is 5.75 Å². The molecular weight excluding hydrogens is 366 g/mol. The van der Waals surface area contributed by atoms with Crippen molar-refractivity contribution in [3.63, 3.8) is 0 Å². The third kappa shape index (κ3) is 5.38. The number of rotatable bonds is 7. The minimum absolute atomic E-state index is 0.0171. The van der Waals surface area contributed by atoms with Crippen molar-refractivity contribution >= 4 is 22.1 Å². The Morgan fingerprint density at radius 1 is 1.15 bits per heavy atom. The van der Waals surface area contributed by atoms with E-state index in [4.69, 9.17) is 4.74 Å². The molecule has 0 radical (unpaired) electrons. The molecule has 0 aliphatic rings. The number of carbonyl (C=O) groups is 1. The summed E-state index contributed by atoms with van der Waals surface area (Å²) in [6.45, 7) is 3.39. The van der Waals surface area contributed by atoms with Gasteiger partial charge in [-0.1, -0.05) is 35.9 Å². The van der Waals surface area contributed by atoms with Gasteiger partial charge in [-0.05, 0) is 37.1 Å². The Morgan fingerprint density at radius 2 is 1.78 bits per heavy atom. The molecule has 8 heteroatoms. The van der Waals surface area contributed by atoms with Crippen molar-refractivity contribution in [1.29, 1.82) is 0 Å². The SMILES string of the molecule is COc1ccc(C)cc1S(=O)(=O)N(C)CC(=O)N/N=C\c1ccc(C)cc1. The molecule has 0 aliphatic heterocycles. The fourth-order valence-corrected chi connectivity index (χ4v) is 3.67. The molecule has 0 unspecified atom stereocenters. The Kier molecular flexibility index (Phi) is 6.70. The number of hydrogen-bond acceptors (Lipinski definition) is 5. The highest BCUT2D eigenvalue weighted by molar-refractivity contribution is 7.89. The molecule has 0 saturated carbocycles. The summed E-state index contributed by atoms with van der Waals surface area (Å²) in [6, 6.07) is 12.4. The first-order valence-corrected chi connectivity index (χ1v) is 9.67. The number of benzene rings is 2. The number of hydrazone groups is 1. The molecule has 144 valence electrons. The van der Waals surface area contributed by atoms with Gasteiger partial charge in [0.15, 0.2) is 0 Å². The molecule has 2 aromatic rings. The lowest BCUT2D eigenvalue weighted by Gasteiger charge is -2.18. The van der Waals surface area contributed by atoms with Crippen LogP contribution in [0.25, 0.3) is 0 Å². The van der Waals surface area contributed by atoms with Gasteiger partial charge in [-0.2, -0.15) is 9.41 Å². The van der Waals surface area contributed by atoms with Crippen LogP contribution in [-0.2, 0) is 14.8 Å². The first kappa shape index (κ1) is 20.6. The molecule has 0 bridgehead atoms. The second-order valence-electron chi connectivity index (χ2n) is 6.12. The maximum absolute atomic E-state index is 12.8. The molecule has 0 saturated heterocycles. The predicted octanol–water partition coefficient (Wildman–Crippen LogP) is 2.08. The Labute approximate surface area is 159 Å². The smallest absolute Gasteiger partial charge is 0.255 e. The molecule has 0 fully saturated rings. The van der Waals surface area contributed by atoms with Crippen LogP contribution in [0, 0.1) is 13.8 Å². The van der Waals surface area contributed by atoms with E-state index in [9.17, 15) is 13.2 Å². The largest absolute Gasteiger partial charge is 0.495 e. The van der Waals surface area contributed by atoms with Crippen LogP contribution in [-0.4, -0.2) is 45.5 Å². The number of aryl methyl sites for hydroxylation is 2. The molecule has 0 spiro atoms. The normalized spacial score (nSPS) is 11.7. The lowest BCUT2D eigenvalue weighted by molar-refractivity contribution is -0.121. The van der Waals surface area contributed by atoms with Crippen molar-refractivity contribution in [2.24, 2.45) is 5.10 Å². The van der Waals surface area contributed by atoms with Crippen molar-refractivity contribution in [1.82, 2.24) is 9.73 Å². The maximum atomic E-state index is 12.8. The van der Waals surface area contributed by atoms with Gasteiger partial charge in [0.1, 0.15) is 10.6 Å². The van der Waals surface area contributed by atoms with Crippen LogP contribution in [0.2, 0.25) is 0 Å². The number of nitrogens with zero attached hydrogens (tertiary/aromatic N) is 2. The van der Waals surface area contributed by atoms with Crippen molar-refractivity contribution in [2.45, 2.75) is 18.7 Å². The molecule has 0 atom stereocenters. The van der Waals surface area contributed by atoms with E-state index in [1.54, 1.807) is 19.1 Å². The van der Waals surface area contributed by atoms with Gasteiger partial charge < -0.3 is 4.74 Å². The van der Waals surface area contributed by atoms with Crippen molar-refractivity contribution in [3.8, 4) is 5.75 Å². The summed E-state index contributed by atoms with van der Waals surface area (Å²) in [7, 11) is -1.15. The second-order valence-corrected chi connectivity index (χ2v) is 8.13. The lowest BCUT2D eigenvalue weighted by Crippen LogP contribution is -2.36. The van der Waals surface area contributed by atoms with Crippen LogP contribution >= 0.6 is 0 Å². The number of ether oxygens (including phenoxy) is 1. The second kappa shape index (κ2) is 8.79. The molecule has 7 nitrogen and oxygen atoms in total.